The van der Waals surface area contributed by atoms with Gasteiger partial charge in [0.15, 0.2) is 23.0 Å². The molecule has 0 unspecified atom stereocenters. The van der Waals surface area contributed by atoms with Gasteiger partial charge in [0, 0.05) is 56.9 Å². The number of methoxy groups -OCH3 is 2. The highest BCUT2D eigenvalue weighted by molar-refractivity contribution is 6.01. The second-order valence-corrected chi connectivity index (χ2v) is 11.4. The number of carbonyl (C=O) groups excluding carboxylic acids is 4. The number of nitrogens with two attached hydrogens (primary N) is 2. The van der Waals surface area contributed by atoms with Crippen LogP contribution in [0.15, 0.2) is 24.3 Å². The van der Waals surface area contributed by atoms with Crippen molar-refractivity contribution in [1.82, 2.24) is 9.80 Å². The number of likely N-dealkylation sites (tertiary alicyclic amines) is 2. The number of esters is 2. The van der Waals surface area contributed by atoms with Crippen LogP contribution in [0.5, 0.6) is 23.0 Å². The zero-order valence-corrected chi connectivity index (χ0v) is 27.4. The minimum absolute atomic E-state index is 0.139. The van der Waals surface area contributed by atoms with Gasteiger partial charge in [0.05, 0.1) is 50.6 Å². The van der Waals surface area contributed by atoms with Gasteiger partial charge in [-0.05, 0) is 37.8 Å². The Bertz CT molecular complexity index is 1360. The second-order valence-electron chi connectivity index (χ2n) is 11.4. The smallest absolute Gasteiger partial charge is 0.302 e. The molecule has 2 amide bonds. The average molecular weight is 657 g/mol. The lowest BCUT2D eigenvalue weighted by Gasteiger charge is -2.25. The first-order valence-electron chi connectivity index (χ1n) is 15.6. The van der Waals surface area contributed by atoms with Crippen LogP contribution in [0.4, 0.5) is 11.4 Å². The number of hydrogen-bond donors (Lipinski definition) is 2. The predicted molar refractivity (Wildman–Crippen MR) is 172 cm³/mol. The molecule has 2 atom stereocenters. The Morgan fingerprint density at radius 2 is 1.09 bits per heavy atom. The molecule has 4 N–H and O–H groups in total. The summed E-state index contributed by atoms with van der Waals surface area (Å²) in [5.74, 6) is 0.129. The minimum atomic E-state index is -0.392. The Morgan fingerprint density at radius 1 is 0.681 bits per heavy atom. The van der Waals surface area contributed by atoms with E-state index in [9.17, 15) is 19.2 Å². The maximum Gasteiger partial charge on any atom is 0.302 e. The fourth-order valence-electron chi connectivity index (χ4n) is 5.78. The highest BCUT2D eigenvalue weighted by Gasteiger charge is 2.33. The van der Waals surface area contributed by atoms with Gasteiger partial charge in [0.25, 0.3) is 11.8 Å². The van der Waals surface area contributed by atoms with E-state index in [4.69, 9.17) is 39.9 Å². The summed E-state index contributed by atoms with van der Waals surface area (Å²) < 4.78 is 33.1. The quantitative estimate of drug-likeness (QED) is 0.173. The molecule has 2 saturated heterocycles. The number of nitrogen functional groups attached to an aromatic ring is 2. The normalized spacial score (nSPS) is 17.3. The molecule has 2 aromatic carbocycles. The van der Waals surface area contributed by atoms with Gasteiger partial charge in [-0.25, -0.2) is 0 Å². The van der Waals surface area contributed by atoms with E-state index < -0.39 is 11.9 Å². The van der Waals surface area contributed by atoms with Gasteiger partial charge in [0.1, 0.15) is 13.2 Å². The van der Waals surface area contributed by atoms with Crippen molar-refractivity contribution in [2.75, 3.05) is 65.2 Å². The Balaban J connectivity index is 1.34. The number of benzene rings is 2. The number of amides is 2. The van der Waals surface area contributed by atoms with Crippen LogP contribution in [0.3, 0.4) is 0 Å². The predicted octanol–water partition coefficient (Wildman–Crippen LogP) is 3.05. The van der Waals surface area contributed by atoms with E-state index in [1.54, 1.807) is 34.1 Å². The first kappa shape index (κ1) is 35.0. The SMILES string of the molecule is COc1cc(C(=O)N2CCC[C@H]2COC(C)=O)c(N)cc1OCCCOc1cc(N)c(C(=O)N2CCC[C@H]2COC(C)=O)cc1OC. The molecule has 2 heterocycles. The Hall–Kier alpha value is -4.88. The zero-order valence-electron chi connectivity index (χ0n) is 27.4. The third kappa shape index (κ3) is 8.69. The van der Waals surface area contributed by atoms with Gasteiger partial charge in [-0.1, -0.05) is 0 Å². The second kappa shape index (κ2) is 16.1. The molecular formula is C33H44N4O10. The number of nitrogens with zero attached hydrogens (tertiary/aromatic N) is 2. The largest absolute Gasteiger partial charge is 0.493 e. The molecule has 4 rings (SSSR count). The van der Waals surface area contributed by atoms with Crippen LogP contribution < -0.4 is 30.4 Å². The Morgan fingerprint density at radius 3 is 1.45 bits per heavy atom. The standard InChI is InChI=1S/C33H44N4O10/c1-20(38)46-18-22-8-5-10-36(22)32(40)24-14-28(42-3)30(16-26(24)34)44-12-7-13-45-31-17-27(35)25(15-29(31)43-4)33(41)37-11-6-9-23(37)19-47-21(2)39/h14-17,22-23H,5-13,18-19,34-35H2,1-4H3/t22-,23-/m0/s1. The van der Waals surface area contributed by atoms with Crippen molar-refractivity contribution in [2.24, 2.45) is 0 Å². The summed E-state index contributed by atoms with van der Waals surface area (Å²) >= 11 is 0. The molecule has 0 aromatic heterocycles. The molecule has 0 bridgehead atoms. The molecule has 14 heteroatoms. The van der Waals surface area contributed by atoms with Crippen molar-refractivity contribution in [3.05, 3.63) is 35.4 Å². The molecular weight excluding hydrogens is 612 g/mol. The molecule has 2 fully saturated rings. The fraction of sp³-hybridized carbons (Fsp3) is 0.515. The van der Waals surface area contributed by atoms with E-state index >= 15 is 0 Å². The highest BCUT2D eigenvalue weighted by atomic mass is 16.5. The molecule has 0 aliphatic carbocycles. The number of rotatable bonds is 14. The maximum absolute atomic E-state index is 13.3. The number of ether oxygens (including phenoxy) is 6. The molecule has 2 aliphatic rings. The van der Waals surface area contributed by atoms with Crippen molar-refractivity contribution < 1.29 is 47.6 Å². The summed E-state index contributed by atoms with van der Waals surface area (Å²) in [4.78, 5) is 52.5. The van der Waals surface area contributed by atoms with E-state index in [1.165, 1.54) is 28.1 Å². The van der Waals surface area contributed by atoms with Gasteiger partial charge in [-0.15, -0.1) is 0 Å². The van der Waals surface area contributed by atoms with Crippen LogP contribution in [0.2, 0.25) is 0 Å². The lowest BCUT2D eigenvalue weighted by Crippen LogP contribution is -2.39. The molecule has 0 spiro atoms. The summed E-state index contributed by atoms with van der Waals surface area (Å²) in [6.45, 7) is 4.52. The molecule has 14 nitrogen and oxygen atoms in total. The average Bonchev–Trinajstić information content (AvgIpc) is 3.72. The monoisotopic (exact) mass is 656 g/mol. The zero-order chi connectivity index (χ0) is 34.1. The Kier molecular flexibility index (Phi) is 12.0. The van der Waals surface area contributed by atoms with Crippen molar-refractivity contribution in [3.63, 3.8) is 0 Å². The van der Waals surface area contributed by atoms with Crippen LogP contribution in [-0.2, 0) is 19.1 Å². The number of hydrogen-bond acceptors (Lipinski definition) is 12. The molecule has 256 valence electrons. The van der Waals surface area contributed by atoms with E-state index in [0.717, 1.165) is 25.7 Å². The topological polar surface area (TPSA) is 182 Å². The number of carbonyl (C=O) groups is 4. The Labute approximate surface area is 274 Å². The first-order valence-corrected chi connectivity index (χ1v) is 15.6. The van der Waals surface area contributed by atoms with Crippen LogP contribution >= 0.6 is 0 Å². The van der Waals surface area contributed by atoms with Gasteiger partial charge in [-0.3, -0.25) is 19.2 Å². The summed E-state index contributed by atoms with van der Waals surface area (Å²) in [6.07, 6.45) is 3.54. The molecule has 0 radical (unpaired) electrons. The van der Waals surface area contributed by atoms with Crippen molar-refractivity contribution in [3.8, 4) is 23.0 Å². The van der Waals surface area contributed by atoms with Crippen molar-refractivity contribution in [2.45, 2.75) is 58.0 Å². The van der Waals surface area contributed by atoms with Gasteiger partial charge in [-0.2, -0.15) is 0 Å². The molecule has 0 saturated carbocycles. The molecule has 2 aromatic rings. The first-order chi connectivity index (χ1) is 22.5. The van der Waals surface area contributed by atoms with E-state index in [0.29, 0.717) is 42.5 Å². The van der Waals surface area contributed by atoms with E-state index in [-0.39, 0.29) is 72.8 Å². The van der Waals surface area contributed by atoms with E-state index in [2.05, 4.69) is 0 Å². The van der Waals surface area contributed by atoms with Crippen molar-refractivity contribution in [1.29, 1.82) is 0 Å². The summed E-state index contributed by atoms with van der Waals surface area (Å²) in [5, 5.41) is 0. The summed E-state index contributed by atoms with van der Waals surface area (Å²) in [6, 6.07) is 5.80. The van der Waals surface area contributed by atoms with Gasteiger partial charge in [0.2, 0.25) is 0 Å². The summed E-state index contributed by atoms with van der Waals surface area (Å²) in [5.41, 5.74) is 13.6. The fourth-order valence-corrected chi connectivity index (χ4v) is 5.78. The lowest BCUT2D eigenvalue weighted by atomic mass is 10.1. The lowest BCUT2D eigenvalue weighted by molar-refractivity contribution is -0.143. The summed E-state index contributed by atoms with van der Waals surface area (Å²) in [7, 11) is 2.95. The van der Waals surface area contributed by atoms with Crippen LogP contribution in [0.25, 0.3) is 0 Å². The van der Waals surface area contributed by atoms with Crippen LogP contribution in [-0.4, -0.2) is 99.4 Å². The minimum Gasteiger partial charge on any atom is -0.493 e. The third-order valence-corrected chi connectivity index (χ3v) is 8.17. The molecule has 2 aliphatic heterocycles. The van der Waals surface area contributed by atoms with Gasteiger partial charge >= 0.3 is 11.9 Å². The highest BCUT2D eigenvalue weighted by Crippen LogP contribution is 2.36. The van der Waals surface area contributed by atoms with Crippen molar-refractivity contribution >= 4 is 35.1 Å². The number of anilines is 2. The van der Waals surface area contributed by atoms with Gasteiger partial charge < -0.3 is 49.7 Å². The third-order valence-electron chi connectivity index (χ3n) is 8.17. The maximum atomic E-state index is 13.3. The van der Waals surface area contributed by atoms with E-state index in [1.807, 2.05) is 0 Å². The van der Waals surface area contributed by atoms with Crippen LogP contribution in [0.1, 0.15) is 66.7 Å². The van der Waals surface area contributed by atoms with Crippen LogP contribution in [0, 0.1) is 0 Å². The molecule has 47 heavy (non-hydrogen) atoms.